The van der Waals surface area contributed by atoms with Crippen LogP contribution in [0.15, 0.2) is 170 Å². The molecule has 0 aliphatic carbocycles. The molecule has 0 bridgehead atoms. The number of phosphoric acid groups is 2. The van der Waals surface area contributed by atoms with Crippen LogP contribution >= 0.6 is 15.6 Å². The summed E-state index contributed by atoms with van der Waals surface area (Å²) in [6.45, 7) is 4.30. The highest BCUT2D eigenvalue weighted by Gasteiger charge is 2.30. The van der Waals surface area contributed by atoms with Crippen LogP contribution in [0.25, 0.3) is 0 Å². The lowest BCUT2D eigenvalue weighted by molar-refractivity contribution is -0.161. The maximum Gasteiger partial charge on any atom is 0.472 e. The number of aliphatic hydroxyl groups excluding tert-OH is 1. The largest absolute Gasteiger partial charge is 0.472 e. The summed E-state index contributed by atoms with van der Waals surface area (Å²) in [7, 11) is -10.0. The van der Waals surface area contributed by atoms with E-state index in [1.807, 2.05) is 12.2 Å². The first kappa shape index (κ1) is 96.4. The van der Waals surface area contributed by atoms with Gasteiger partial charge < -0.3 is 33.8 Å². The predicted molar refractivity (Wildman–Crippen MR) is 417 cm³/mol. The monoisotopic (exact) mass is 1460 g/mol. The van der Waals surface area contributed by atoms with Crippen molar-refractivity contribution in [3.63, 3.8) is 0 Å². The zero-order valence-electron chi connectivity index (χ0n) is 63.0. The summed E-state index contributed by atoms with van der Waals surface area (Å²) in [4.78, 5) is 72.9. The van der Waals surface area contributed by atoms with Crippen molar-refractivity contribution in [2.45, 2.75) is 290 Å². The number of carbonyl (C=O) groups is 4. The fraction of sp³-hybridized carbons (Fsp3) is 0.614. The molecule has 0 amide bonds. The van der Waals surface area contributed by atoms with Crippen LogP contribution in [0.3, 0.4) is 0 Å². The van der Waals surface area contributed by atoms with Gasteiger partial charge in [-0.2, -0.15) is 0 Å². The third-order valence-electron chi connectivity index (χ3n) is 15.2. The molecule has 0 spiro atoms. The number of carbonyl (C=O) groups excluding carboxylic acids is 4. The van der Waals surface area contributed by atoms with Crippen LogP contribution in [0.5, 0.6) is 0 Å². The summed E-state index contributed by atoms with van der Waals surface area (Å²) in [5.74, 6) is -2.40. The Balaban J connectivity index is 5.49. The van der Waals surface area contributed by atoms with E-state index in [2.05, 4.69) is 174 Å². The molecular formula is C83H134O17P2. The lowest BCUT2D eigenvalue weighted by atomic mass is 10.1. The van der Waals surface area contributed by atoms with Gasteiger partial charge in [0.25, 0.3) is 0 Å². The maximum atomic E-state index is 13.1. The highest BCUT2D eigenvalue weighted by atomic mass is 31.2. The normalized spacial score (nSPS) is 14.9. The molecule has 5 atom stereocenters. The molecule has 5 unspecified atom stereocenters. The number of esters is 4. The molecule has 0 saturated heterocycles. The smallest absolute Gasteiger partial charge is 0.462 e. The van der Waals surface area contributed by atoms with Gasteiger partial charge in [-0.15, -0.1) is 0 Å². The summed E-state index contributed by atoms with van der Waals surface area (Å²) >= 11 is 0. The van der Waals surface area contributed by atoms with E-state index in [1.54, 1.807) is 12.2 Å². The second-order valence-corrected chi connectivity index (χ2v) is 27.7. The number of aliphatic hydroxyl groups is 1. The summed E-state index contributed by atoms with van der Waals surface area (Å²) in [6.07, 6.45) is 86.6. The molecule has 0 aromatic heterocycles. The van der Waals surface area contributed by atoms with E-state index < -0.39 is 97.5 Å². The van der Waals surface area contributed by atoms with Crippen molar-refractivity contribution in [3.8, 4) is 0 Å². The van der Waals surface area contributed by atoms with Crippen molar-refractivity contribution < 1.29 is 80.2 Å². The first-order valence-electron chi connectivity index (χ1n) is 38.4. The zero-order chi connectivity index (χ0) is 74.6. The number of phosphoric ester groups is 2. The van der Waals surface area contributed by atoms with Crippen molar-refractivity contribution in [1.82, 2.24) is 0 Å². The van der Waals surface area contributed by atoms with Crippen molar-refractivity contribution >= 4 is 39.5 Å². The summed E-state index contributed by atoms with van der Waals surface area (Å²) in [6, 6.07) is 0. The molecule has 578 valence electrons. The van der Waals surface area contributed by atoms with E-state index in [0.29, 0.717) is 25.7 Å². The van der Waals surface area contributed by atoms with Crippen LogP contribution in [-0.2, 0) is 65.4 Å². The number of hydrogen-bond acceptors (Lipinski definition) is 15. The Morgan fingerprint density at radius 1 is 0.294 bits per heavy atom. The van der Waals surface area contributed by atoms with E-state index in [1.165, 1.54) is 19.3 Å². The Bertz CT molecular complexity index is 2600. The lowest BCUT2D eigenvalue weighted by Gasteiger charge is -2.21. The number of hydrogen-bond donors (Lipinski definition) is 3. The lowest BCUT2D eigenvalue weighted by Crippen LogP contribution is -2.30. The molecule has 0 aliphatic heterocycles. The van der Waals surface area contributed by atoms with Crippen LogP contribution in [0.2, 0.25) is 0 Å². The van der Waals surface area contributed by atoms with Gasteiger partial charge in [0.1, 0.15) is 19.3 Å². The Labute approximate surface area is 616 Å². The first-order valence-corrected chi connectivity index (χ1v) is 41.4. The minimum absolute atomic E-state index is 0.0665. The van der Waals surface area contributed by atoms with Gasteiger partial charge in [0.05, 0.1) is 32.8 Å². The molecule has 0 heterocycles. The summed E-state index contributed by atoms with van der Waals surface area (Å²) in [5.41, 5.74) is 0. The molecule has 0 aromatic rings. The third kappa shape index (κ3) is 72.8. The number of unbranched alkanes of at least 4 members (excludes halogenated alkanes) is 17. The van der Waals surface area contributed by atoms with Crippen LogP contribution in [0.1, 0.15) is 272 Å². The van der Waals surface area contributed by atoms with Gasteiger partial charge in [-0.25, -0.2) is 9.13 Å². The van der Waals surface area contributed by atoms with Crippen molar-refractivity contribution in [3.05, 3.63) is 170 Å². The molecular weight excluding hydrogens is 1330 g/mol. The Morgan fingerprint density at radius 3 is 0.873 bits per heavy atom. The quantitative estimate of drug-likeness (QED) is 0.0169. The fourth-order valence-corrected chi connectivity index (χ4v) is 11.0. The summed E-state index contributed by atoms with van der Waals surface area (Å²) < 4.78 is 68.3. The highest BCUT2D eigenvalue weighted by Crippen LogP contribution is 2.45. The molecule has 0 saturated carbocycles. The maximum absolute atomic E-state index is 13.1. The standard InChI is InChI=1S/C83H134O17P2/c1-5-9-13-17-21-25-29-33-37-38-42-44-48-52-56-60-64-68-81(86)94-74-79(100-83(88)70-66-62-58-54-50-46-41-36-32-28-24-20-16-12-8-4)76-98-102(91,92)96-72-77(84)71-95-101(89,90)97-75-78(99-82(87)69-65-61-57-53-49-45-40-35-31-27-23-19-15-11-7-3)73-93-80(85)67-63-59-55-51-47-43-39-34-30-26-22-18-14-10-6-2/h9-10,12-14,16,21-28,33-37,39-42,44,50,54,62,66,77-79,84H,5-8,11,15,17-20,29-32,38,43,45-49,51-53,55-61,63-65,67-76H2,1-4H3,(H,89,90)(H,91,92)/b13-9-,14-10-,16-12-,25-21-,26-22-,27-23-,28-24-,37-33-,39-34-,40-35-,41-36-,44-42-,54-50-,66-62-. The Hall–Kier alpha value is -5.58. The second kappa shape index (κ2) is 73.7. The Morgan fingerprint density at radius 2 is 0.549 bits per heavy atom. The highest BCUT2D eigenvalue weighted by molar-refractivity contribution is 7.47. The van der Waals surface area contributed by atoms with E-state index in [9.17, 15) is 43.2 Å². The molecule has 0 aromatic carbocycles. The van der Waals surface area contributed by atoms with Crippen LogP contribution in [0, 0.1) is 0 Å². The molecule has 0 rings (SSSR count). The third-order valence-corrected chi connectivity index (χ3v) is 17.1. The number of ether oxygens (including phenoxy) is 4. The fourth-order valence-electron chi connectivity index (χ4n) is 9.45. The van der Waals surface area contributed by atoms with Crippen molar-refractivity contribution in [2.24, 2.45) is 0 Å². The van der Waals surface area contributed by atoms with E-state index in [4.69, 9.17) is 37.0 Å². The van der Waals surface area contributed by atoms with Gasteiger partial charge in [0, 0.05) is 19.3 Å². The average Bonchev–Trinajstić information content (AvgIpc) is 0.919. The van der Waals surface area contributed by atoms with Gasteiger partial charge in [-0.1, -0.05) is 262 Å². The molecule has 102 heavy (non-hydrogen) atoms. The number of allylic oxidation sites excluding steroid dienone is 27. The van der Waals surface area contributed by atoms with Crippen LogP contribution in [-0.4, -0.2) is 96.7 Å². The molecule has 0 fully saturated rings. The van der Waals surface area contributed by atoms with Crippen molar-refractivity contribution in [2.75, 3.05) is 39.6 Å². The average molecular weight is 1470 g/mol. The first-order chi connectivity index (χ1) is 49.7. The predicted octanol–water partition coefficient (Wildman–Crippen LogP) is 22.2. The molecule has 0 radical (unpaired) electrons. The SMILES string of the molecule is CC/C=C\C/C=C\C/C=C\C/C=C\C/C=C\CC(=O)OC(COC(=O)CCCCCC/C=C\C/C=C\C/C=C\C/C=C\CC)COP(=O)(O)OCC(O)COP(=O)(O)OCC(COC(=O)CCCCCCC/C=C\C/C=C\C/C=C\CC)OC(=O)CCCCCCC/C=C\C/C=C\CCCCC. The second-order valence-electron chi connectivity index (χ2n) is 24.8. The van der Waals surface area contributed by atoms with Gasteiger partial charge in [-0.05, 0) is 154 Å². The van der Waals surface area contributed by atoms with E-state index >= 15 is 0 Å². The minimum atomic E-state index is -5.02. The van der Waals surface area contributed by atoms with Gasteiger partial charge >= 0.3 is 39.5 Å². The zero-order valence-corrected chi connectivity index (χ0v) is 64.8. The minimum Gasteiger partial charge on any atom is -0.462 e. The van der Waals surface area contributed by atoms with Crippen LogP contribution < -0.4 is 0 Å². The Kier molecular flexibility index (Phi) is 69.7. The van der Waals surface area contributed by atoms with E-state index in [0.717, 1.165) is 173 Å². The number of rotatable bonds is 70. The topological polar surface area (TPSA) is 237 Å². The van der Waals surface area contributed by atoms with Gasteiger partial charge in [0.2, 0.25) is 0 Å². The van der Waals surface area contributed by atoms with Crippen molar-refractivity contribution in [1.29, 1.82) is 0 Å². The van der Waals surface area contributed by atoms with E-state index in [-0.39, 0.29) is 25.7 Å². The molecule has 17 nitrogen and oxygen atoms in total. The van der Waals surface area contributed by atoms with Gasteiger partial charge in [0.15, 0.2) is 12.2 Å². The van der Waals surface area contributed by atoms with Crippen LogP contribution in [0.4, 0.5) is 0 Å². The molecule has 0 aliphatic rings. The molecule has 3 N–H and O–H groups in total. The summed E-state index contributed by atoms with van der Waals surface area (Å²) in [5, 5.41) is 10.6. The molecule has 19 heteroatoms. The van der Waals surface area contributed by atoms with Gasteiger partial charge in [-0.3, -0.25) is 37.3 Å².